The maximum Gasteiger partial charge on any atom is 0.122 e. The van der Waals surface area contributed by atoms with Gasteiger partial charge in [-0.25, -0.2) is 0 Å². The fraction of sp³-hybridized carbons (Fsp3) is 0.625. The number of hydrogen-bond donors (Lipinski definition) is 2. The highest BCUT2D eigenvalue weighted by atomic mass is 16.5. The minimum absolute atomic E-state index is 0.233. The topological polar surface area (TPSA) is 56.5 Å². The van der Waals surface area contributed by atoms with Gasteiger partial charge in [0.15, 0.2) is 0 Å². The van der Waals surface area contributed by atoms with Gasteiger partial charge in [-0.05, 0) is 42.4 Å². The molecule has 1 saturated heterocycles. The molecule has 110 valence electrons. The van der Waals surface area contributed by atoms with Crippen molar-refractivity contribution in [2.75, 3.05) is 13.2 Å². The van der Waals surface area contributed by atoms with Crippen LogP contribution in [0.25, 0.3) is 0 Å². The monoisotopic (exact) mass is 276 g/mol. The second kappa shape index (κ2) is 6.12. The molecule has 2 heterocycles. The highest BCUT2D eigenvalue weighted by Gasteiger charge is 2.31. The third-order valence-electron chi connectivity index (χ3n) is 4.55. The maximum atomic E-state index is 5.82. The van der Waals surface area contributed by atoms with Crippen LogP contribution in [0.3, 0.4) is 0 Å². The van der Waals surface area contributed by atoms with Crippen molar-refractivity contribution < 1.29 is 9.47 Å². The minimum Gasteiger partial charge on any atom is -0.493 e. The summed E-state index contributed by atoms with van der Waals surface area (Å²) in [7, 11) is 0. The number of rotatable bonds is 5. The molecule has 3 N–H and O–H groups in total. The van der Waals surface area contributed by atoms with Gasteiger partial charge in [0.1, 0.15) is 5.75 Å². The van der Waals surface area contributed by atoms with Gasteiger partial charge in [0.2, 0.25) is 0 Å². The van der Waals surface area contributed by atoms with Crippen LogP contribution in [-0.4, -0.2) is 25.4 Å². The van der Waals surface area contributed by atoms with Crippen molar-refractivity contribution in [1.82, 2.24) is 5.43 Å². The van der Waals surface area contributed by atoms with Crippen molar-refractivity contribution >= 4 is 0 Å². The number of aryl methyl sites for hydroxylation is 1. The molecular weight excluding hydrogens is 252 g/mol. The Labute approximate surface area is 120 Å². The van der Waals surface area contributed by atoms with E-state index in [0.29, 0.717) is 5.92 Å². The van der Waals surface area contributed by atoms with E-state index in [1.807, 2.05) is 0 Å². The minimum atomic E-state index is 0.233. The lowest BCUT2D eigenvalue weighted by Gasteiger charge is -2.25. The van der Waals surface area contributed by atoms with Gasteiger partial charge in [0.25, 0.3) is 0 Å². The second-order valence-corrected chi connectivity index (χ2v) is 5.95. The van der Waals surface area contributed by atoms with Crippen LogP contribution in [0.4, 0.5) is 0 Å². The highest BCUT2D eigenvalue weighted by Crippen LogP contribution is 2.28. The Bertz CT molecular complexity index is 464. The molecular formula is C16H24N2O2. The van der Waals surface area contributed by atoms with Crippen LogP contribution in [0.15, 0.2) is 18.2 Å². The van der Waals surface area contributed by atoms with Crippen LogP contribution >= 0.6 is 0 Å². The maximum absolute atomic E-state index is 5.82. The molecule has 0 radical (unpaired) electrons. The molecule has 0 saturated carbocycles. The molecule has 0 aliphatic carbocycles. The van der Waals surface area contributed by atoms with Gasteiger partial charge in [-0.1, -0.05) is 19.1 Å². The first kappa shape index (κ1) is 13.9. The summed E-state index contributed by atoms with van der Waals surface area (Å²) in [5, 5.41) is 0. The normalized spacial score (nSPS) is 26.3. The van der Waals surface area contributed by atoms with Crippen LogP contribution in [-0.2, 0) is 17.6 Å². The van der Waals surface area contributed by atoms with E-state index in [1.165, 1.54) is 11.1 Å². The molecule has 4 nitrogen and oxygen atoms in total. The predicted octanol–water partition coefficient (Wildman–Crippen LogP) is 1.81. The molecule has 3 rings (SSSR count). The molecule has 3 unspecified atom stereocenters. The van der Waals surface area contributed by atoms with Crippen molar-refractivity contribution in [3.63, 3.8) is 0 Å². The number of nitrogens with two attached hydrogens (primary N) is 1. The first-order chi connectivity index (χ1) is 9.78. The molecule has 0 amide bonds. The lowest BCUT2D eigenvalue weighted by atomic mass is 9.93. The van der Waals surface area contributed by atoms with E-state index in [2.05, 4.69) is 30.5 Å². The molecule has 0 spiro atoms. The summed E-state index contributed by atoms with van der Waals surface area (Å²) in [5.41, 5.74) is 5.65. The van der Waals surface area contributed by atoms with E-state index < -0.39 is 0 Å². The molecule has 3 atom stereocenters. The molecule has 0 bridgehead atoms. The third-order valence-corrected chi connectivity index (χ3v) is 4.55. The summed E-state index contributed by atoms with van der Waals surface area (Å²) in [4.78, 5) is 0. The summed E-state index contributed by atoms with van der Waals surface area (Å²) >= 11 is 0. The van der Waals surface area contributed by atoms with Gasteiger partial charge in [0.05, 0.1) is 12.7 Å². The van der Waals surface area contributed by atoms with Gasteiger partial charge >= 0.3 is 0 Å². The number of hydrogen-bond acceptors (Lipinski definition) is 4. The van der Waals surface area contributed by atoms with Gasteiger partial charge < -0.3 is 9.47 Å². The average Bonchev–Trinajstić information content (AvgIpc) is 3.08. The Morgan fingerprint density at radius 2 is 2.30 bits per heavy atom. The molecule has 0 aromatic heterocycles. The average molecular weight is 276 g/mol. The molecule has 4 heteroatoms. The zero-order chi connectivity index (χ0) is 13.9. The smallest absolute Gasteiger partial charge is 0.122 e. The van der Waals surface area contributed by atoms with Crippen LogP contribution in [0.2, 0.25) is 0 Å². The molecule has 1 fully saturated rings. The van der Waals surface area contributed by atoms with E-state index in [-0.39, 0.29) is 12.1 Å². The van der Waals surface area contributed by atoms with Crippen LogP contribution < -0.4 is 16.0 Å². The SMILES string of the molecule is CC1CCOC1C(CCc1ccc2c(c1)CCO2)NN. The summed E-state index contributed by atoms with van der Waals surface area (Å²) in [5.74, 6) is 7.36. The third kappa shape index (κ3) is 2.82. The summed E-state index contributed by atoms with van der Waals surface area (Å²) in [6.07, 6.45) is 4.45. The van der Waals surface area contributed by atoms with Crippen molar-refractivity contribution in [2.24, 2.45) is 11.8 Å². The number of benzene rings is 1. The number of nitrogens with one attached hydrogen (secondary N) is 1. The fourth-order valence-corrected chi connectivity index (χ4v) is 3.29. The zero-order valence-electron chi connectivity index (χ0n) is 12.1. The van der Waals surface area contributed by atoms with Gasteiger partial charge in [-0.3, -0.25) is 11.3 Å². The first-order valence-electron chi connectivity index (χ1n) is 7.60. The number of fused-ring (bicyclic) bond motifs is 1. The summed E-state index contributed by atoms with van der Waals surface area (Å²) in [6, 6.07) is 6.76. The van der Waals surface area contributed by atoms with Gasteiger partial charge in [-0.15, -0.1) is 0 Å². The van der Waals surface area contributed by atoms with Crippen LogP contribution in [0.5, 0.6) is 5.75 Å². The van der Waals surface area contributed by atoms with E-state index in [4.69, 9.17) is 15.3 Å². The van der Waals surface area contributed by atoms with E-state index in [9.17, 15) is 0 Å². The lowest BCUT2D eigenvalue weighted by molar-refractivity contribution is 0.0584. The largest absolute Gasteiger partial charge is 0.493 e. The van der Waals surface area contributed by atoms with Crippen molar-refractivity contribution in [1.29, 1.82) is 0 Å². The second-order valence-electron chi connectivity index (χ2n) is 5.95. The zero-order valence-corrected chi connectivity index (χ0v) is 12.1. The standard InChI is InChI=1S/C16H24N2O2/c1-11-6-8-20-16(11)14(18-17)4-2-12-3-5-15-13(10-12)7-9-19-15/h3,5,10-11,14,16,18H,2,4,6-9,17H2,1H3. The Balaban J connectivity index is 1.60. The van der Waals surface area contributed by atoms with E-state index >= 15 is 0 Å². The van der Waals surface area contributed by atoms with Gasteiger partial charge in [-0.2, -0.15) is 0 Å². The summed E-state index contributed by atoms with van der Waals surface area (Å²) in [6.45, 7) is 3.92. The molecule has 1 aromatic carbocycles. The Morgan fingerprint density at radius 1 is 1.40 bits per heavy atom. The molecule has 1 aromatic rings. The van der Waals surface area contributed by atoms with Gasteiger partial charge in [0, 0.05) is 19.1 Å². The molecule has 2 aliphatic heterocycles. The fourth-order valence-electron chi connectivity index (χ4n) is 3.29. The molecule has 2 aliphatic rings. The first-order valence-corrected chi connectivity index (χ1v) is 7.60. The van der Waals surface area contributed by atoms with Crippen molar-refractivity contribution in [2.45, 2.75) is 44.8 Å². The number of hydrazine groups is 1. The Morgan fingerprint density at radius 3 is 3.05 bits per heavy atom. The van der Waals surface area contributed by atoms with E-state index in [1.54, 1.807) is 0 Å². The highest BCUT2D eigenvalue weighted by molar-refractivity contribution is 5.39. The number of ether oxygens (including phenoxy) is 2. The molecule has 20 heavy (non-hydrogen) atoms. The summed E-state index contributed by atoms with van der Waals surface area (Å²) < 4.78 is 11.4. The van der Waals surface area contributed by atoms with E-state index in [0.717, 1.165) is 44.6 Å². The van der Waals surface area contributed by atoms with Crippen molar-refractivity contribution in [3.05, 3.63) is 29.3 Å². The van der Waals surface area contributed by atoms with Crippen molar-refractivity contribution in [3.8, 4) is 5.75 Å². The van der Waals surface area contributed by atoms with Crippen LogP contribution in [0.1, 0.15) is 30.9 Å². The van der Waals surface area contributed by atoms with Crippen LogP contribution in [0, 0.1) is 5.92 Å². The Hall–Kier alpha value is -1.10. The lowest BCUT2D eigenvalue weighted by Crippen LogP contribution is -2.46. The quantitative estimate of drug-likeness (QED) is 0.636. The Kier molecular flexibility index (Phi) is 4.24. The predicted molar refractivity (Wildman–Crippen MR) is 78.6 cm³/mol.